The van der Waals surface area contributed by atoms with Gasteiger partial charge in [0.2, 0.25) is 0 Å². The van der Waals surface area contributed by atoms with E-state index in [9.17, 15) is 4.79 Å². The first-order valence-electron chi connectivity index (χ1n) is 2.73. The first-order valence-corrected chi connectivity index (χ1v) is 2.73. The summed E-state index contributed by atoms with van der Waals surface area (Å²) in [6, 6.07) is 0. The van der Waals surface area contributed by atoms with Gasteiger partial charge in [0.05, 0.1) is 6.61 Å². The number of rotatable bonds is 4. The van der Waals surface area contributed by atoms with E-state index < -0.39 is 24.9 Å². The van der Waals surface area contributed by atoms with Crippen molar-refractivity contribution in [2.45, 2.75) is 18.3 Å². The Morgan fingerprint density at radius 1 is 1.27 bits per heavy atom. The zero-order valence-electron chi connectivity index (χ0n) is 6.21. The Hall–Kier alpha value is 0.510. The van der Waals surface area contributed by atoms with E-state index >= 15 is 0 Å². The van der Waals surface area contributed by atoms with Crippen molar-refractivity contribution in [3.63, 3.8) is 0 Å². The van der Waals surface area contributed by atoms with Gasteiger partial charge in [-0.25, -0.2) is 0 Å². The molecule has 0 spiro atoms. The summed E-state index contributed by atoms with van der Waals surface area (Å²) in [6.07, 6.45) is -4.63. The van der Waals surface area contributed by atoms with Crippen LogP contribution in [0.25, 0.3) is 0 Å². The van der Waals surface area contributed by atoms with Crippen molar-refractivity contribution >= 4 is 35.8 Å². The fourth-order valence-corrected chi connectivity index (χ4v) is 0.416. The molecule has 0 amide bonds. The van der Waals surface area contributed by atoms with Crippen LogP contribution in [0.5, 0.6) is 0 Å². The Morgan fingerprint density at radius 3 is 2.00 bits per heavy atom. The van der Waals surface area contributed by atoms with Gasteiger partial charge < -0.3 is 25.2 Å². The average Bonchev–Trinajstić information content (AvgIpc) is 2.00. The molecule has 0 aromatic rings. The van der Waals surface area contributed by atoms with Gasteiger partial charge in [-0.15, -0.1) is 0 Å². The van der Waals surface area contributed by atoms with Gasteiger partial charge in [-0.1, -0.05) is 0 Å². The van der Waals surface area contributed by atoms with E-state index in [0.29, 0.717) is 0 Å². The number of aldehydes is 1. The first-order chi connectivity index (χ1) is 4.63. The maximum Gasteiger partial charge on any atom is 0.151 e. The third-order valence-electron chi connectivity index (χ3n) is 1.07. The first kappa shape index (κ1) is 14.1. The zero-order valence-corrected chi connectivity index (χ0v) is 8.21. The molecule has 0 saturated carbocycles. The van der Waals surface area contributed by atoms with E-state index in [1.54, 1.807) is 0 Å². The number of carbonyl (C=O) groups excluding carboxylic acids is 1. The fourth-order valence-electron chi connectivity index (χ4n) is 0.416. The summed E-state index contributed by atoms with van der Waals surface area (Å²) in [5.41, 5.74) is 0. The molecular formula is C5H10NaO5. The molecule has 0 heterocycles. The Morgan fingerprint density at radius 2 is 1.73 bits per heavy atom. The zero-order chi connectivity index (χ0) is 8.15. The van der Waals surface area contributed by atoms with Gasteiger partial charge in [0.25, 0.3) is 0 Å². The predicted octanol–water partition coefficient (Wildman–Crippen LogP) is -3.12. The summed E-state index contributed by atoms with van der Waals surface area (Å²) in [5, 5.41) is 34.1. The molecule has 4 N–H and O–H groups in total. The van der Waals surface area contributed by atoms with Gasteiger partial charge in [0, 0.05) is 29.6 Å². The van der Waals surface area contributed by atoms with E-state index in [2.05, 4.69) is 0 Å². The van der Waals surface area contributed by atoms with E-state index in [1.165, 1.54) is 0 Å². The monoisotopic (exact) mass is 173 g/mol. The molecule has 0 aromatic carbocycles. The fraction of sp³-hybridized carbons (Fsp3) is 0.800. The van der Waals surface area contributed by atoms with Crippen LogP contribution in [0.1, 0.15) is 0 Å². The second-order valence-electron chi connectivity index (χ2n) is 1.87. The van der Waals surface area contributed by atoms with Crippen LogP contribution in [0, 0.1) is 0 Å². The van der Waals surface area contributed by atoms with E-state index in [4.69, 9.17) is 20.4 Å². The molecule has 0 unspecified atom stereocenters. The van der Waals surface area contributed by atoms with Crippen molar-refractivity contribution in [1.82, 2.24) is 0 Å². The van der Waals surface area contributed by atoms with Crippen LogP contribution in [0.4, 0.5) is 0 Å². The van der Waals surface area contributed by atoms with Crippen LogP contribution in [-0.2, 0) is 4.79 Å². The molecule has 6 heteroatoms. The summed E-state index contributed by atoms with van der Waals surface area (Å²) in [6.45, 7) is -0.688. The maximum atomic E-state index is 9.76. The second kappa shape index (κ2) is 7.17. The normalized spacial score (nSPS) is 17.8. The minimum absolute atomic E-state index is 0. The SMILES string of the molecule is O=C[C@H](O)[C@@H](O)[C@@H](O)CO.[Na]. The van der Waals surface area contributed by atoms with Crippen molar-refractivity contribution in [2.24, 2.45) is 0 Å². The summed E-state index contributed by atoms with van der Waals surface area (Å²) in [5.74, 6) is 0. The number of aliphatic hydroxyl groups excluding tert-OH is 4. The summed E-state index contributed by atoms with van der Waals surface area (Å²) >= 11 is 0. The number of hydrogen-bond acceptors (Lipinski definition) is 5. The average molecular weight is 173 g/mol. The van der Waals surface area contributed by atoms with E-state index in [0.717, 1.165) is 0 Å². The van der Waals surface area contributed by atoms with Crippen LogP contribution in [0.3, 0.4) is 0 Å². The molecule has 3 atom stereocenters. The molecule has 0 bridgehead atoms. The Kier molecular flexibility index (Phi) is 9.17. The van der Waals surface area contributed by atoms with Crippen LogP contribution < -0.4 is 0 Å². The van der Waals surface area contributed by atoms with Crippen LogP contribution >= 0.6 is 0 Å². The molecule has 61 valence electrons. The molecular weight excluding hydrogens is 163 g/mol. The van der Waals surface area contributed by atoms with Crippen molar-refractivity contribution in [3.8, 4) is 0 Å². The minimum Gasteiger partial charge on any atom is -0.394 e. The van der Waals surface area contributed by atoms with Crippen molar-refractivity contribution in [1.29, 1.82) is 0 Å². The van der Waals surface area contributed by atoms with Crippen LogP contribution in [-0.4, -0.2) is 81.2 Å². The molecule has 0 fully saturated rings. The summed E-state index contributed by atoms with van der Waals surface area (Å²) < 4.78 is 0. The molecule has 0 aliphatic heterocycles. The smallest absolute Gasteiger partial charge is 0.151 e. The topological polar surface area (TPSA) is 98.0 Å². The molecule has 0 saturated heterocycles. The second-order valence-corrected chi connectivity index (χ2v) is 1.87. The van der Waals surface area contributed by atoms with Gasteiger partial charge >= 0.3 is 0 Å². The van der Waals surface area contributed by atoms with Gasteiger partial charge in [-0.05, 0) is 0 Å². The Bertz CT molecular complexity index is 109. The molecule has 0 aliphatic rings. The van der Waals surface area contributed by atoms with Crippen molar-refractivity contribution in [2.75, 3.05) is 6.61 Å². The Balaban J connectivity index is 0. The van der Waals surface area contributed by atoms with Crippen LogP contribution in [0.2, 0.25) is 0 Å². The summed E-state index contributed by atoms with van der Waals surface area (Å²) in [4.78, 5) is 9.76. The number of aliphatic hydroxyl groups is 4. The standard InChI is InChI=1S/C5H10O5.Na/c6-1-3(8)5(10)4(9)2-7;/h1,3-5,7-10H,2H2;/t3-,4-,5+;/m0./s1. The largest absolute Gasteiger partial charge is 0.394 e. The van der Waals surface area contributed by atoms with Crippen LogP contribution in [0.15, 0.2) is 0 Å². The van der Waals surface area contributed by atoms with Gasteiger partial charge in [-0.2, -0.15) is 0 Å². The van der Waals surface area contributed by atoms with Gasteiger partial charge in [0.1, 0.15) is 18.3 Å². The molecule has 1 radical (unpaired) electrons. The molecule has 5 nitrogen and oxygen atoms in total. The number of hydrogen-bond donors (Lipinski definition) is 4. The quantitative estimate of drug-likeness (QED) is 0.266. The predicted molar refractivity (Wildman–Crippen MR) is 36.9 cm³/mol. The van der Waals surface area contributed by atoms with Crippen molar-refractivity contribution in [3.05, 3.63) is 0 Å². The third-order valence-corrected chi connectivity index (χ3v) is 1.07. The Labute approximate surface area is 86.0 Å². The van der Waals surface area contributed by atoms with E-state index in [-0.39, 0.29) is 35.8 Å². The molecule has 0 rings (SSSR count). The van der Waals surface area contributed by atoms with Crippen molar-refractivity contribution < 1.29 is 25.2 Å². The summed E-state index contributed by atoms with van der Waals surface area (Å²) in [7, 11) is 0. The van der Waals surface area contributed by atoms with Gasteiger partial charge in [0.15, 0.2) is 6.29 Å². The van der Waals surface area contributed by atoms with E-state index in [1.807, 2.05) is 0 Å². The third kappa shape index (κ3) is 4.86. The number of carbonyl (C=O) groups is 1. The molecule has 0 aliphatic carbocycles. The minimum atomic E-state index is -1.64. The van der Waals surface area contributed by atoms with Gasteiger partial charge in [-0.3, -0.25) is 0 Å². The maximum absolute atomic E-state index is 9.76. The molecule has 0 aromatic heterocycles. The molecule has 11 heavy (non-hydrogen) atoms.